The molecule has 0 aliphatic heterocycles. The largest absolute Gasteiger partial charge is 0.325 e. The molecule has 1 amide bonds. The van der Waals surface area contributed by atoms with Crippen molar-refractivity contribution in [3.05, 3.63) is 65.0 Å². The van der Waals surface area contributed by atoms with Gasteiger partial charge in [0.15, 0.2) is 0 Å². The van der Waals surface area contributed by atoms with Gasteiger partial charge >= 0.3 is 0 Å². The summed E-state index contributed by atoms with van der Waals surface area (Å²) in [5, 5.41) is 2.98. The molecule has 0 atom stereocenters. The highest BCUT2D eigenvalue weighted by Crippen LogP contribution is 2.28. The quantitative estimate of drug-likeness (QED) is 0.869. The second kappa shape index (κ2) is 7.14. The monoisotopic (exact) mass is 326 g/mol. The maximum atomic E-state index is 13.9. The average Bonchev–Trinajstić information content (AvgIpc) is 3.36. The smallest absolute Gasteiger partial charge is 0.238 e. The Kier molecular flexibility index (Phi) is 4.95. The van der Waals surface area contributed by atoms with Gasteiger partial charge in [0.2, 0.25) is 5.91 Å². The number of halogens is 1. The van der Waals surface area contributed by atoms with Gasteiger partial charge in [-0.15, -0.1) is 0 Å². The van der Waals surface area contributed by atoms with Crippen molar-refractivity contribution >= 4 is 11.6 Å². The lowest BCUT2D eigenvalue weighted by atomic mass is 10.1. The molecule has 0 saturated heterocycles. The first kappa shape index (κ1) is 16.7. The van der Waals surface area contributed by atoms with Gasteiger partial charge in [-0.2, -0.15) is 0 Å². The van der Waals surface area contributed by atoms with Crippen LogP contribution in [0.3, 0.4) is 0 Å². The molecule has 24 heavy (non-hydrogen) atoms. The summed E-state index contributed by atoms with van der Waals surface area (Å²) >= 11 is 0. The second-order valence-electron chi connectivity index (χ2n) is 6.59. The van der Waals surface area contributed by atoms with Crippen LogP contribution in [0.4, 0.5) is 10.1 Å². The van der Waals surface area contributed by atoms with Crippen LogP contribution < -0.4 is 5.32 Å². The maximum absolute atomic E-state index is 13.9. The number of carbonyl (C=O) groups excluding carboxylic acids is 1. The average molecular weight is 326 g/mol. The van der Waals surface area contributed by atoms with E-state index in [9.17, 15) is 9.18 Å². The Labute approximate surface area is 142 Å². The van der Waals surface area contributed by atoms with Gasteiger partial charge in [-0.3, -0.25) is 9.69 Å². The number of hydrogen-bond donors (Lipinski definition) is 1. The third-order valence-electron chi connectivity index (χ3n) is 4.40. The van der Waals surface area contributed by atoms with Crippen LogP contribution in [-0.4, -0.2) is 23.4 Å². The summed E-state index contributed by atoms with van der Waals surface area (Å²) in [4.78, 5) is 14.5. The van der Waals surface area contributed by atoms with E-state index in [1.54, 1.807) is 12.1 Å². The predicted molar refractivity (Wildman–Crippen MR) is 94.4 cm³/mol. The van der Waals surface area contributed by atoms with E-state index in [2.05, 4.69) is 10.2 Å². The Balaban J connectivity index is 1.65. The van der Waals surface area contributed by atoms with Crippen molar-refractivity contribution < 1.29 is 9.18 Å². The fourth-order valence-electron chi connectivity index (χ4n) is 2.93. The molecule has 0 unspecified atom stereocenters. The Morgan fingerprint density at radius 2 is 1.96 bits per heavy atom. The molecular formula is C20H23FN2O. The van der Waals surface area contributed by atoms with Crippen LogP contribution in [0.15, 0.2) is 42.5 Å². The van der Waals surface area contributed by atoms with Crippen LogP contribution in [0.1, 0.15) is 29.5 Å². The highest BCUT2D eigenvalue weighted by atomic mass is 19.1. The van der Waals surface area contributed by atoms with Crippen LogP contribution in [0, 0.1) is 19.7 Å². The van der Waals surface area contributed by atoms with E-state index in [0.717, 1.165) is 24.1 Å². The molecule has 0 bridgehead atoms. The normalized spacial score (nSPS) is 14.0. The maximum Gasteiger partial charge on any atom is 0.238 e. The minimum Gasteiger partial charge on any atom is -0.325 e. The molecule has 4 heteroatoms. The van der Waals surface area contributed by atoms with Crippen molar-refractivity contribution in [1.82, 2.24) is 4.90 Å². The zero-order valence-corrected chi connectivity index (χ0v) is 14.2. The molecule has 0 aromatic heterocycles. The lowest BCUT2D eigenvalue weighted by Crippen LogP contribution is -2.34. The first-order valence-electron chi connectivity index (χ1n) is 8.37. The van der Waals surface area contributed by atoms with Crippen molar-refractivity contribution in [2.75, 3.05) is 11.9 Å². The molecule has 0 spiro atoms. The van der Waals surface area contributed by atoms with E-state index < -0.39 is 0 Å². The lowest BCUT2D eigenvalue weighted by Gasteiger charge is -2.22. The third kappa shape index (κ3) is 4.20. The molecule has 1 fully saturated rings. The van der Waals surface area contributed by atoms with Gasteiger partial charge in [0.1, 0.15) is 5.82 Å². The topological polar surface area (TPSA) is 32.3 Å². The van der Waals surface area contributed by atoms with E-state index in [1.165, 1.54) is 11.6 Å². The van der Waals surface area contributed by atoms with Crippen molar-refractivity contribution in [1.29, 1.82) is 0 Å². The van der Waals surface area contributed by atoms with Gasteiger partial charge in [0, 0.05) is 23.8 Å². The van der Waals surface area contributed by atoms with E-state index in [-0.39, 0.29) is 18.3 Å². The third-order valence-corrected chi connectivity index (χ3v) is 4.40. The van der Waals surface area contributed by atoms with Crippen molar-refractivity contribution in [2.24, 2.45) is 0 Å². The number of nitrogens with one attached hydrogen (secondary N) is 1. The number of carbonyl (C=O) groups is 1. The van der Waals surface area contributed by atoms with Crippen LogP contribution >= 0.6 is 0 Å². The summed E-state index contributed by atoms with van der Waals surface area (Å²) < 4.78 is 13.9. The lowest BCUT2D eigenvalue weighted by molar-refractivity contribution is -0.117. The summed E-state index contributed by atoms with van der Waals surface area (Å²) in [5.74, 6) is -0.261. The predicted octanol–water partition coefficient (Wildman–Crippen LogP) is 4.05. The van der Waals surface area contributed by atoms with E-state index >= 15 is 0 Å². The molecule has 1 aliphatic carbocycles. The van der Waals surface area contributed by atoms with Crippen LogP contribution in [-0.2, 0) is 11.3 Å². The van der Waals surface area contributed by atoms with Gasteiger partial charge in [0.05, 0.1) is 6.54 Å². The SMILES string of the molecule is Cc1ccc(NC(=O)CN(Cc2ccccc2F)C2CC2)c(C)c1. The Morgan fingerprint density at radius 1 is 1.21 bits per heavy atom. The Bertz CT molecular complexity index is 740. The first-order chi connectivity index (χ1) is 11.5. The number of benzene rings is 2. The van der Waals surface area contributed by atoms with Crippen molar-refractivity contribution in [2.45, 2.75) is 39.3 Å². The second-order valence-corrected chi connectivity index (χ2v) is 6.59. The standard InChI is InChI=1S/C20H23FN2O/c1-14-7-10-19(15(2)11-14)22-20(24)13-23(17-8-9-17)12-16-5-3-4-6-18(16)21/h3-7,10-11,17H,8-9,12-13H2,1-2H3,(H,22,24). The molecule has 2 aromatic carbocycles. The van der Waals surface area contributed by atoms with Crippen LogP contribution in [0.5, 0.6) is 0 Å². The van der Waals surface area contributed by atoms with Gasteiger partial charge in [-0.05, 0) is 44.4 Å². The fourth-order valence-corrected chi connectivity index (χ4v) is 2.93. The molecule has 1 aliphatic rings. The van der Waals surface area contributed by atoms with Crippen LogP contribution in [0.2, 0.25) is 0 Å². The molecule has 3 rings (SSSR count). The zero-order valence-electron chi connectivity index (χ0n) is 14.2. The van der Waals surface area contributed by atoms with E-state index in [1.807, 2.05) is 38.1 Å². The fraction of sp³-hybridized carbons (Fsp3) is 0.350. The Hall–Kier alpha value is -2.20. The van der Waals surface area contributed by atoms with E-state index in [0.29, 0.717) is 18.2 Å². The number of amides is 1. The number of anilines is 1. The van der Waals surface area contributed by atoms with E-state index in [4.69, 9.17) is 0 Å². The summed E-state index contributed by atoms with van der Waals surface area (Å²) in [5.41, 5.74) is 3.70. The molecule has 2 aromatic rings. The van der Waals surface area contributed by atoms with Crippen LogP contribution in [0.25, 0.3) is 0 Å². The summed E-state index contributed by atoms with van der Waals surface area (Å²) in [6, 6.07) is 13.1. The minimum absolute atomic E-state index is 0.0507. The minimum atomic E-state index is -0.210. The highest BCUT2D eigenvalue weighted by Gasteiger charge is 2.30. The molecule has 3 nitrogen and oxygen atoms in total. The van der Waals surface area contributed by atoms with Crippen molar-refractivity contribution in [3.63, 3.8) is 0 Å². The number of rotatable bonds is 6. The van der Waals surface area contributed by atoms with Crippen molar-refractivity contribution in [3.8, 4) is 0 Å². The summed E-state index contributed by atoms with van der Waals surface area (Å²) in [7, 11) is 0. The number of hydrogen-bond acceptors (Lipinski definition) is 2. The zero-order chi connectivity index (χ0) is 17.1. The highest BCUT2D eigenvalue weighted by molar-refractivity contribution is 5.93. The molecule has 126 valence electrons. The number of nitrogens with zero attached hydrogens (tertiary/aromatic N) is 1. The summed E-state index contributed by atoms with van der Waals surface area (Å²) in [6.07, 6.45) is 2.15. The summed E-state index contributed by atoms with van der Waals surface area (Å²) in [6.45, 7) is 4.77. The van der Waals surface area contributed by atoms with Gasteiger partial charge in [0.25, 0.3) is 0 Å². The number of aryl methyl sites for hydroxylation is 2. The molecule has 1 N–H and O–H groups in total. The van der Waals surface area contributed by atoms with Gasteiger partial charge in [-0.25, -0.2) is 4.39 Å². The molecule has 1 saturated carbocycles. The molecular weight excluding hydrogens is 303 g/mol. The molecule has 0 radical (unpaired) electrons. The van der Waals surface area contributed by atoms with Gasteiger partial charge in [-0.1, -0.05) is 35.9 Å². The Morgan fingerprint density at radius 3 is 2.62 bits per heavy atom. The van der Waals surface area contributed by atoms with Gasteiger partial charge < -0.3 is 5.32 Å². The first-order valence-corrected chi connectivity index (χ1v) is 8.37. The molecule has 0 heterocycles.